The molecule has 0 aliphatic heterocycles. The lowest BCUT2D eigenvalue weighted by molar-refractivity contribution is 0.147. The van der Waals surface area contributed by atoms with Gasteiger partial charge in [0.25, 0.3) is 0 Å². The van der Waals surface area contributed by atoms with Crippen LogP contribution in [0.1, 0.15) is 18.9 Å². The third-order valence-corrected chi connectivity index (χ3v) is 5.08. The molecule has 0 fully saturated rings. The lowest BCUT2D eigenvalue weighted by Crippen LogP contribution is -2.47. The van der Waals surface area contributed by atoms with Gasteiger partial charge in [0.2, 0.25) is 0 Å². The van der Waals surface area contributed by atoms with Crippen molar-refractivity contribution in [3.05, 3.63) is 60.2 Å². The Hall–Kier alpha value is -3.54. The number of ether oxygens (including phenoxy) is 1. The van der Waals surface area contributed by atoms with Crippen molar-refractivity contribution >= 4 is 44.4 Å². The van der Waals surface area contributed by atoms with E-state index in [1.165, 1.54) is 37.9 Å². The van der Waals surface area contributed by atoms with Crippen LogP contribution in [0, 0.1) is 0 Å². The first-order valence-electron chi connectivity index (χ1n) is 9.79. The van der Waals surface area contributed by atoms with E-state index in [2.05, 4.69) is 75.5 Å². The Morgan fingerprint density at radius 2 is 1.55 bits per heavy atom. The van der Waals surface area contributed by atoms with Crippen LogP contribution in [-0.2, 0) is 11.2 Å². The summed E-state index contributed by atoms with van der Waals surface area (Å²) < 4.78 is 4.67. The summed E-state index contributed by atoms with van der Waals surface area (Å²) in [6.45, 7) is 2.44. The minimum Gasteiger partial charge on any atom is -0.449 e. The maximum Gasteiger partial charge on any atom is 0.426 e. The predicted octanol–water partition coefficient (Wildman–Crippen LogP) is 4.48. The molecule has 4 aromatic rings. The van der Waals surface area contributed by atoms with Gasteiger partial charge in [-0.2, -0.15) is 0 Å². The number of hydrazine groups is 1. The van der Waals surface area contributed by atoms with Gasteiger partial charge >= 0.3 is 12.1 Å². The third kappa shape index (κ3) is 3.87. The van der Waals surface area contributed by atoms with Gasteiger partial charge in [-0.15, -0.1) is 0 Å². The highest BCUT2D eigenvalue weighted by Gasteiger charge is 2.10. The van der Waals surface area contributed by atoms with Crippen LogP contribution in [0.2, 0.25) is 0 Å². The van der Waals surface area contributed by atoms with Crippen molar-refractivity contribution in [2.75, 3.05) is 13.2 Å². The molecule has 0 unspecified atom stereocenters. The number of carbonyl (C=O) groups excluding carboxylic acids is 2. The summed E-state index contributed by atoms with van der Waals surface area (Å²) in [7, 11) is 0. The summed E-state index contributed by atoms with van der Waals surface area (Å²) in [6, 6.07) is 19.0. The molecule has 0 radical (unpaired) electrons. The zero-order valence-electron chi connectivity index (χ0n) is 16.2. The number of rotatable bonds is 5. The summed E-state index contributed by atoms with van der Waals surface area (Å²) in [5, 5.41) is 10.4. The maximum absolute atomic E-state index is 11.7. The zero-order chi connectivity index (χ0) is 20.2. The quantitative estimate of drug-likeness (QED) is 0.268. The van der Waals surface area contributed by atoms with E-state index in [0.717, 1.165) is 12.8 Å². The van der Waals surface area contributed by atoms with Gasteiger partial charge in [0.15, 0.2) is 0 Å². The summed E-state index contributed by atoms with van der Waals surface area (Å²) in [5.41, 5.74) is 5.69. The molecular weight excluding hydrogens is 366 g/mol. The molecule has 0 atom stereocenters. The predicted molar refractivity (Wildman–Crippen MR) is 115 cm³/mol. The Kier molecular flexibility index (Phi) is 5.33. The molecule has 0 aliphatic rings. The summed E-state index contributed by atoms with van der Waals surface area (Å²) in [4.78, 5) is 22.9. The minimum atomic E-state index is -0.684. The van der Waals surface area contributed by atoms with Crippen molar-refractivity contribution < 1.29 is 14.3 Å². The van der Waals surface area contributed by atoms with Gasteiger partial charge in [-0.1, -0.05) is 54.6 Å². The second kappa shape index (κ2) is 8.22. The lowest BCUT2D eigenvalue weighted by atomic mass is 9.91. The number of urea groups is 1. The molecule has 6 nitrogen and oxygen atoms in total. The molecule has 148 valence electrons. The van der Waals surface area contributed by atoms with Gasteiger partial charge in [0, 0.05) is 6.54 Å². The summed E-state index contributed by atoms with van der Waals surface area (Å²) in [6.07, 6.45) is 0.951. The monoisotopic (exact) mass is 389 g/mol. The number of hydrogen-bond donors (Lipinski definition) is 3. The first-order chi connectivity index (χ1) is 14.2. The van der Waals surface area contributed by atoms with Crippen LogP contribution < -0.4 is 16.2 Å². The van der Waals surface area contributed by atoms with Crippen LogP contribution in [0.5, 0.6) is 0 Å². The van der Waals surface area contributed by atoms with E-state index in [9.17, 15) is 9.59 Å². The molecule has 0 bridgehead atoms. The molecule has 29 heavy (non-hydrogen) atoms. The molecule has 0 saturated heterocycles. The number of aryl methyl sites for hydroxylation is 1. The van der Waals surface area contributed by atoms with Crippen LogP contribution in [-0.4, -0.2) is 25.3 Å². The highest BCUT2D eigenvalue weighted by molar-refractivity contribution is 6.23. The fourth-order valence-corrected chi connectivity index (χ4v) is 3.81. The van der Waals surface area contributed by atoms with Gasteiger partial charge in [0.05, 0.1) is 6.61 Å². The molecule has 0 aliphatic carbocycles. The molecule has 3 N–H and O–H groups in total. The Morgan fingerprint density at radius 1 is 0.862 bits per heavy atom. The second-order valence-corrected chi connectivity index (χ2v) is 6.91. The Labute approximate surface area is 168 Å². The van der Waals surface area contributed by atoms with Crippen molar-refractivity contribution in [3.63, 3.8) is 0 Å². The van der Waals surface area contributed by atoms with E-state index in [1.54, 1.807) is 6.92 Å². The Balaban J connectivity index is 1.42. The van der Waals surface area contributed by atoms with Crippen LogP contribution in [0.25, 0.3) is 32.3 Å². The van der Waals surface area contributed by atoms with E-state index >= 15 is 0 Å². The number of amides is 3. The fourth-order valence-electron chi connectivity index (χ4n) is 3.81. The average Bonchev–Trinajstić information content (AvgIpc) is 2.74. The SMILES string of the molecule is CCOC(=O)NNC(=O)NCCCc1ccc2ccc3cccc4ccc1c2c34. The van der Waals surface area contributed by atoms with Gasteiger partial charge in [-0.3, -0.25) is 0 Å². The first-order valence-corrected chi connectivity index (χ1v) is 9.79. The van der Waals surface area contributed by atoms with Crippen LogP contribution in [0.15, 0.2) is 54.6 Å². The highest BCUT2D eigenvalue weighted by Crippen LogP contribution is 2.36. The standard InChI is InChI=1S/C23H23N3O3/c1-2-29-23(28)26-25-22(27)24-14-4-7-15-8-9-18-11-10-16-5-3-6-17-12-13-19(15)21(18)20(16)17/h3,5-6,8-13H,2,4,7,14H2,1H3,(H,26,28)(H2,24,25,27). The van der Waals surface area contributed by atoms with Crippen LogP contribution in [0.4, 0.5) is 9.59 Å². The Morgan fingerprint density at radius 3 is 2.31 bits per heavy atom. The van der Waals surface area contributed by atoms with Crippen molar-refractivity contribution in [1.29, 1.82) is 0 Å². The first kappa shape index (κ1) is 18.8. The van der Waals surface area contributed by atoms with E-state index in [-0.39, 0.29) is 6.61 Å². The topological polar surface area (TPSA) is 79.5 Å². The molecular formula is C23H23N3O3. The largest absolute Gasteiger partial charge is 0.449 e. The van der Waals surface area contributed by atoms with Gasteiger partial charge < -0.3 is 10.1 Å². The van der Waals surface area contributed by atoms with Crippen molar-refractivity contribution in [2.24, 2.45) is 0 Å². The fraction of sp³-hybridized carbons (Fsp3) is 0.217. The minimum absolute atomic E-state index is 0.244. The molecule has 0 saturated carbocycles. The molecule has 4 aromatic carbocycles. The van der Waals surface area contributed by atoms with E-state index in [4.69, 9.17) is 0 Å². The average molecular weight is 389 g/mol. The summed E-state index contributed by atoms with van der Waals surface area (Å²) in [5.74, 6) is 0. The molecule has 6 heteroatoms. The number of hydrogen-bond acceptors (Lipinski definition) is 3. The smallest absolute Gasteiger partial charge is 0.426 e. The zero-order valence-corrected chi connectivity index (χ0v) is 16.2. The highest BCUT2D eigenvalue weighted by atomic mass is 16.6. The maximum atomic E-state index is 11.7. The van der Waals surface area contributed by atoms with E-state index in [1.807, 2.05) is 0 Å². The second-order valence-electron chi connectivity index (χ2n) is 6.91. The van der Waals surface area contributed by atoms with Gasteiger partial charge in [-0.25, -0.2) is 20.4 Å². The number of benzene rings is 4. The van der Waals surface area contributed by atoms with Crippen molar-refractivity contribution in [3.8, 4) is 0 Å². The number of nitrogens with one attached hydrogen (secondary N) is 3. The normalized spacial score (nSPS) is 11.1. The molecule has 3 amide bonds. The van der Waals surface area contributed by atoms with Gasteiger partial charge in [-0.05, 0) is 57.6 Å². The molecule has 0 spiro atoms. The van der Waals surface area contributed by atoms with E-state index < -0.39 is 12.1 Å². The Bertz CT molecular complexity index is 1160. The van der Waals surface area contributed by atoms with Crippen LogP contribution in [0.3, 0.4) is 0 Å². The van der Waals surface area contributed by atoms with E-state index in [0.29, 0.717) is 6.54 Å². The summed E-state index contributed by atoms with van der Waals surface area (Å²) >= 11 is 0. The number of carbonyl (C=O) groups is 2. The lowest BCUT2D eigenvalue weighted by Gasteiger charge is -2.14. The molecule has 0 heterocycles. The third-order valence-electron chi connectivity index (χ3n) is 5.08. The van der Waals surface area contributed by atoms with Gasteiger partial charge in [0.1, 0.15) is 0 Å². The van der Waals surface area contributed by atoms with Crippen molar-refractivity contribution in [1.82, 2.24) is 16.2 Å². The van der Waals surface area contributed by atoms with Crippen LogP contribution >= 0.6 is 0 Å². The van der Waals surface area contributed by atoms with Crippen molar-refractivity contribution in [2.45, 2.75) is 19.8 Å². The molecule has 4 rings (SSSR count). The molecule has 0 aromatic heterocycles.